The first-order valence-corrected chi connectivity index (χ1v) is 7.44. The van der Waals surface area contributed by atoms with Crippen molar-refractivity contribution in [3.63, 3.8) is 0 Å². The van der Waals surface area contributed by atoms with Crippen molar-refractivity contribution in [3.05, 3.63) is 24.4 Å². The maximum atomic E-state index is 12.6. The Morgan fingerprint density at radius 2 is 2.25 bits per heavy atom. The third-order valence-electron chi connectivity index (χ3n) is 2.92. The molecular formula is C12H15N5O2S. The van der Waals surface area contributed by atoms with Crippen molar-refractivity contribution in [2.45, 2.75) is 11.4 Å². The van der Waals surface area contributed by atoms with Crippen LogP contribution in [0.1, 0.15) is 6.42 Å². The maximum Gasteiger partial charge on any atom is 0.262 e. The fraction of sp³-hybridized carbons (Fsp3) is 0.333. The van der Waals surface area contributed by atoms with Crippen molar-refractivity contribution in [2.75, 3.05) is 26.0 Å². The molecule has 2 heterocycles. The number of sulfonamides is 1. The fourth-order valence-electron chi connectivity index (χ4n) is 1.86. The zero-order chi connectivity index (χ0) is 14.8. The van der Waals surface area contributed by atoms with Crippen LogP contribution < -0.4 is 5.32 Å². The molecule has 0 aliphatic rings. The molecule has 0 radical (unpaired) electrons. The molecule has 20 heavy (non-hydrogen) atoms. The smallest absolute Gasteiger partial charge is 0.262 e. The number of imidazole rings is 1. The Kier molecular flexibility index (Phi) is 3.92. The highest BCUT2D eigenvalue weighted by molar-refractivity contribution is 7.89. The van der Waals surface area contributed by atoms with E-state index >= 15 is 0 Å². The van der Waals surface area contributed by atoms with Crippen molar-refractivity contribution in [2.24, 2.45) is 0 Å². The van der Waals surface area contributed by atoms with Gasteiger partial charge in [-0.25, -0.2) is 13.4 Å². The van der Waals surface area contributed by atoms with E-state index in [4.69, 9.17) is 5.26 Å². The molecule has 0 saturated carbocycles. The summed E-state index contributed by atoms with van der Waals surface area (Å²) in [5.41, 5.74) is 0.545. The van der Waals surface area contributed by atoms with E-state index in [9.17, 15) is 8.42 Å². The number of hydrogen-bond donors (Lipinski definition) is 1. The Morgan fingerprint density at radius 1 is 1.50 bits per heavy atom. The molecule has 0 bridgehead atoms. The summed E-state index contributed by atoms with van der Waals surface area (Å²) < 4.78 is 27.9. The van der Waals surface area contributed by atoms with E-state index in [0.29, 0.717) is 11.5 Å². The Hall–Kier alpha value is -2.11. The molecule has 7 nitrogen and oxygen atoms in total. The summed E-state index contributed by atoms with van der Waals surface area (Å²) in [5.74, 6) is 0.292. The highest BCUT2D eigenvalue weighted by Gasteiger charge is 2.28. The first-order chi connectivity index (χ1) is 9.52. The molecule has 0 saturated heterocycles. The third-order valence-corrected chi connectivity index (χ3v) is 4.80. The first kappa shape index (κ1) is 14.3. The van der Waals surface area contributed by atoms with E-state index in [1.807, 2.05) is 6.07 Å². The average Bonchev–Trinajstić information content (AvgIpc) is 2.83. The summed E-state index contributed by atoms with van der Waals surface area (Å²) in [5, 5.41) is 11.5. The van der Waals surface area contributed by atoms with E-state index in [0.717, 1.165) is 4.31 Å². The van der Waals surface area contributed by atoms with Gasteiger partial charge in [-0.2, -0.15) is 9.57 Å². The van der Waals surface area contributed by atoms with Crippen LogP contribution in [0.25, 0.3) is 5.65 Å². The van der Waals surface area contributed by atoms with E-state index in [1.165, 1.54) is 11.4 Å². The van der Waals surface area contributed by atoms with Crippen LogP contribution >= 0.6 is 0 Å². The molecule has 2 aromatic heterocycles. The van der Waals surface area contributed by atoms with E-state index in [2.05, 4.69) is 10.3 Å². The highest BCUT2D eigenvalue weighted by atomic mass is 32.2. The van der Waals surface area contributed by atoms with Crippen LogP contribution in [0.3, 0.4) is 0 Å². The molecule has 8 heteroatoms. The van der Waals surface area contributed by atoms with Gasteiger partial charge in [-0.3, -0.25) is 4.40 Å². The zero-order valence-electron chi connectivity index (χ0n) is 11.2. The number of nitrogens with one attached hydrogen (secondary N) is 1. The van der Waals surface area contributed by atoms with E-state index < -0.39 is 10.0 Å². The van der Waals surface area contributed by atoms with Gasteiger partial charge < -0.3 is 5.32 Å². The summed E-state index contributed by atoms with van der Waals surface area (Å²) in [4.78, 5) is 4.24. The lowest BCUT2D eigenvalue weighted by Gasteiger charge is -2.16. The summed E-state index contributed by atoms with van der Waals surface area (Å²) in [6.07, 6.45) is 1.79. The number of nitrogens with zero attached hydrogens (tertiary/aromatic N) is 4. The van der Waals surface area contributed by atoms with Crippen molar-refractivity contribution >= 4 is 21.5 Å². The molecule has 0 fully saturated rings. The largest absolute Gasteiger partial charge is 0.371 e. The summed E-state index contributed by atoms with van der Waals surface area (Å²) in [6.45, 7) is 0.141. The van der Waals surface area contributed by atoms with Gasteiger partial charge in [0, 0.05) is 33.3 Å². The van der Waals surface area contributed by atoms with Gasteiger partial charge in [0.15, 0.2) is 10.8 Å². The summed E-state index contributed by atoms with van der Waals surface area (Å²) >= 11 is 0. The SMILES string of the molecule is CNc1nc2ccccn2c1S(=O)(=O)N(C)CCC#N. The molecule has 0 aliphatic carbocycles. The van der Waals surface area contributed by atoms with Crippen LogP contribution in [0, 0.1) is 11.3 Å². The topological polar surface area (TPSA) is 90.5 Å². The Morgan fingerprint density at radius 3 is 2.90 bits per heavy atom. The van der Waals surface area contributed by atoms with Gasteiger partial charge in [-0.05, 0) is 12.1 Å². The van der Waals surface area contributed by atoms with Crippen LogP contribution in [0.15, 0.2) is 29.4 Å². The highest BCUT2D eigenvalue weighted by Crippen LogP contribution is 2.24. The molecule has 2 aromatic rings. The number of aromatic nitrogens is 2. The maximum absolute atomic E-state index is 12.6. The minimum Gasteiger partial charge on any atom is -0.371 e. The number of hydrogen-bond acceptors (Lipinski definition) is 5. The van der Waals surface area contributed by atoms with Crippen LogP contribution in [0.5, 0.6) is 0 Å². The normalized spacial score (nSPS) is 11.7. The molecule has 0 unspecified atom stereocenters. The molecular weight excluding hydrogens is 278 g/mol. The second-order valence-electron chi connectivity index (χ2n) is 4.18. The Labute approximate surface area is 117 Å². The van der Waals surface area contributed by atoms with E-state index in [1.54, 1.807) is 31.4 Å². The predicted molar refractivity (Wildman–Crippen MR) is 74.8 cm³/mol. The minimum absolute atomic E-state index is 0.0797. The van der Waals surface area contributed by atoms with Gasteiger partial charge in [0.25, 0.3) is 10.0 Å². The molecule has 0 aliphatic heterocycles. The molecule has 0 aromatic carbocycles. The van der Waals surface area contributed by atoms with Gasteiger partial charge in [-0.15, -0.1) is 0 Å². The lowest BCUT2D eigenvalue weighted by Crippen LogP contribution is -2.29. The number of rotatable bonds is 5. The molecule has 2 rings (SSSR count). The number of nitriles is 1. The standard InChI is InChI=1S/C12H15N5O2S/c1-14-11-12(17-9-4-3-6-10(17)15-11)20(18,19)16(2)8-5-7-13/h3-4,6,9,14H,5,8H2,1-2H3. The van der Waals surface area contributed by atoms with Crippen LogP contribution in [-0.4, -0.2) is 42.7 Å². The lowest BCUT2D eigenvalue weighted by molar-refractivity contribution is 0.473. The van der Waals surface area contributed by atoms with Gasteiger partial charge in [0.1, 0.15) is 5.65 Å². The van der Waals surface area contributed by atoms with Gasteiger partial charge in [0.2, 0.25) is 0 Å². The second-order valence-corrected chi connectivity index (χ2v) is 6.14. The van der Waals surface area contributed by atoms with Gasteiger partial charge in [-0.1, -0.05) is 6.07 Å². The summed E-state index contributed by atoms with van der Waals surface area (Å²) in [7, 11) is -0.643. The molecule has 0 atom stereocenters. The molecule has 106 valence electrons. The Bertz CT molecular complexity index is 760. The average molecular weight is 293 g/mol. The monoisotopic (exact) mass is 293 g/mol. The molecule has 1 N–H and O–H groups in total. The van der Waals surface area contributed by atoms with Crippen molar-refractivity contribution in [3.8, 4) is 6.07 Å². The van der Waals surface area contributed by atoms with Gasteiger partial charge in [0.05, 0.1) is 6.07 Å². The second kappa shape index (κ2) is 5.48. The van der Waals surface area contributed by atoms with Crippen molar-refractivity contribution in [1.82, 2.24) is 13.7 Å². The van der Waals surface area contributed by atoms with E-state index in [-0.39, 0.29) is 18.0 Å². The van der Waals surface area contributed by atoms with Crippen LogP contribution in [0.4, 0.5) is 5.82 Å². The zero-order valence-corrected chi connectivity index (χ0v) is 12.1. The quantitative estimate of drug-likeness (QED) is 0.885. The minimum atomic E-state index is -3.72. The number of fused-ring (bicyclic) bond motifs is 1. The third kappa shape index (κ3) is 2.33. The fourth-order valence-corrected chi connectivity index (χ4v) is 3.28. The molecule has 0 spiro atoms. The first-order valence-electron chi connectivity index (χ1n) is 6.00. The lowest BCUT2D eigenvalue weighted by atomic mass is 10.5. The number of pyridine rings is 1. The number of anilines is 1. The molecule has 0 amide bonds. The van der Waals surface area contributed by atoms with Crippen molar-refractivity contribution < 1.29 is 8.42 Å². The van der Waals surface area contributed by atoms with Crippen molar-refractivity contribution in [1.29, 1.82) is 5.26 Å². The predicted octanol–water partition coefficient (Wildman–Crippen LogP) is 0.910. The van der Waals surface area contributed by atoms with Gasteiger partial charge >= 0.3 is 0 Å². The summed E-state index contributed by atoms with van der Waals surface area (Å²) in [6, 6.07) is 7.20. The van der Waals surface area contributed by atoms with Crippen LogP contribution in [0.2, 0.25) is 0 Å². The Balaban J connectivity index is 2.59. The van der Waals surface area contributed by atoms with Crippen LogP contribution in [-0.2, 0) is 10.0 Å².